The molecule has 1 aromatic rings. The molecule has 6 nitrogen and oxygen atoms in total. The second-order valence-electron chi connectivity index (χ2n) is 10.9. The van der Waals surface area contributed by atoms with E-state index >= 15 is 0 Å². The van der Waals surface area contributed by atoms with E-state index in [4.69, 9.17) is 18.9 Å². The Morgan fingerprint density at radius 1 is 0.393 bits per heavy atom. The molecule has 0 saturated heterocycles. The Hall–Kier alpha value is -1.98. The van der Waals surface area contributed by atoms with Crippen molar-refractivity contribution in [1.29, 1.82) is 0 Å². The molecule has 162 valence electrons. The van der Waals surface area contributed by atoms with Crippen molar-refractivity contribution in [2.45, 2.75) is 105 Å². The van der Waals surface area contributed by atoms with E-state index < -0.39 is 22.4 Å². The third kappa shape index (κ3) is 7.21. The standard InChI is InChI=1S/C22H38O6/c1-19(2,3)25-15-13(23)17(27-21(7,8)9)18(28-22(10,11)12)14(24)16(15)26-20(4,5)6/h23-24H,1-12H3. The van der Waals surface area contributed by atoms with Crippen LogP contribution in [0.15, 0.2) is 0 Å². The zero-order valence-corrected chi connectivity index (χ0v) is 19.5. The molecule has 0 bridgehead atoms. The molecule has 0 heterocycles. The molecule has 0 amide bonds. The van der Waals surface area contributed by atoms with E-state index in [2.05, 4.69) is 0 Å². The molecule has 0 radical (unpaired) electrons. The van der Waals surface area contributed by atoms with Crippen LogP contribution in [0.5, 0.6) is 34.5 Å². The van der Waals surface area contributed by atoms with Gasteiger partial charge in [-0.15, -0.1) is 0 Å². The lowest BCUT2D eigenvalue weighted by Gasteiger charge is -2.32. The summed E-state index contributed by atoms with van der Waals surface area (Å²) in [4.78, 5) is 0. The van der Waals surface area contributed by atoms with E-state index in [-0.39, 0.29) is 34.5 Å². The first-order valence-electron chi connectivity index (χ1n) is 9.58. The molecule has 0 spiro atoms. The fraction of sp³-hybridized carbons (Fsp3) is 0.727. The van der Waals surface area contributed by atoms with E-state index in [1.165, 1.54) is 0 Å². The van der Waals surface area contributed by atoms with Crippen molar-refractivity contribution in [1.82, 2.24) is 0 Å². The van der Waals surface area contributed by atoms with Crippen molar-refractivity contribution in [3.8, 4) is 34.5 Å². The van der Waals surface area contributed by atoms with E-state index in [0.717, 1.165) is 0 Å². The highest BCUT2D eigenvalue weighted by molar-refractivity contribution is 5.73. The van der Waals surface area contributed by atoms with Gasteiger partial charge in [-0.3, -0.25) is 0 Å². The van der Waals surface area contributed by atoms with E-state index in [9.17, 15) is 10.2 Å². The van der Waals surface area contributed by atoms with E-state index in [0.29, 0.717) is 0 Å². The van der Waals surface area contributed by atoms with Crippen LogP contribution in [0.2, 0.25) is 0 Å². The van der Waals surface area contributed by atoms with Crippen LogP contribution < -0.4 is 18.9 Å². The van der Waals surface area contributed by atoms with Gasteiger partial charge >= 0.3 is 0 Å². The van der Waals surface area contributed by atoms with Gasteiger partial charge in [-0.2, -0.15) is 0 Å². The summed E-state index contributed by atoms with van der Waals surface area (Å²) in [5.74, 6) is -0.496. The van der Waals surface area contributed by atoms with Crippen LogP contribution >= 0.6 is 0 Å². The van der Waals surface area contributed by atoms with Gasteiger partial charge < -0.3 is 29.2 Å². The predicted molar refractivity (Wildman–Crippen MR) is 111 cm³/mol. The summed E-state index contributed by atoms with van der Waals surface area (Å²) in [6, 6.07) is 0. The average molecular weight is 399 g/mol. The Bertz CT molecular complexity index is 576. The number of hydrogen-bond donors (Lipinski definition) is 2. The van der Waals surface area contributed by atoms with Crippen LogP contribution in [-0.2, 0) is 0 Å². The molecule has 28 heavy (non-hydrogen) atoms. The number of ether oxygens (including phenoxy) is 4. The van der Waals surface area contributed by atoms with E-state index in [1.807, 2.05) is 83.1 Å². The van der Waals surface area contributed by atoms with Crippen molar-refractivity contribution in [2.24, 2.45) is 0 Å². The molecule has 6 heteroatoms. The molecular weight excluding hydrogens is 360 g/mol. The maximum Gasteiger partial charge on any atom is 0.212 e. The number of phenolic OH excluding ortho intramolecular Hbond substituents is 2. The molecule has 0 atom stereocenters. The predicted octanol–water partition coefficient (Wildman–Crippen LogP) is 5.81. The minimum atomic E-state index is -0.648. The Kier molecular flexibility index (Phi) is 6.40. The van der Waals surface area contributed by atoms with Gasteiger partial charge in [-0.05, 0) is 83.1 Å². The first kappa shape index (κ1) is 24.1. The average Bonchev–Trinajstić information content (AvgIpc) is 2.39. The molecule has 1 aromatic carbocycles. The molecule has 0 aliphatic rings. The zero-order chi connectivity index (χ0) is 22.3. The number of phenols is 2. The largest absolute Gasteiger partial charge is 0.501 e. The van der Waals surface area contributed by atoms with Crippen molar-refractivity contribution in [3.63, 3.8) is 0 Å². The van der Waals surface area contributed by atoms with Crippen molar-refractivity contribution >= 4 is 0 Å². The number of benzene rings is 1. The fourth-order valence-electron chi connectivity index (χ4n) is 2.24. The van der Waals surface area contributed by atoms with Crippen LogP contribution in [0.1, 0.15) is 83.1 Å². The third-order valence-corrected chi connectivity index (χ3v) is 2.91. The Morgan fingerprint density at radius 3 is 0.643 bits per heavy atom. The molecule has 0 saturated carbocycles. The monoisotopic (exact) mass is 398 g/mol. The minimum Gasteiger partial charge on any atom is -0.501 e. The highest BCUT2D eigenvalue weighted by Gasteiger charge is 2.36. The summed E-state index contributed by atoms with van der Waals surface area (Å²) >= 11 is 0. The molecule has 2 N–H and O–H groups in total. The normalized spacial score (nSPS) is 13.3. The first-order valence-corrected chi connectivity index (χ1v) is 9.58. The summed E-state index contributed by atoms with van der Waals surface area (Å²) in [6.07, 6.45) is 0. The quantitative estimate of drug-likeness (QED) is 0.624. The summed E-state index contributed by atoms with van der Waals surface area (Å²) in [5.41, 5.74) is -2.59. The van der Waals surface area contributed by atoms with Gasteiger partial charge in [0.05, 0.1) is 0 Å². The molecule has 0 fully saturated rings. The Morgan fingerprint density at radius 2 is 0.536 bits per heavy atom. The molecule has 0 unspecified atom stereocenters. The van der Waals surface area contributed by atoms with Crippen LogP contribution in [-0.4, -0.2) is 32.6 Å². The fourth-order valence-corrected chi connectivity index (χ4v) is 2.24. The first-order chi connectivity index (χ1) is 12.2. The lowest BCUT2D eigenvalue weighted by molar-refractivity contribution is 0.0705. The van der Waals surface area contributed by atoms with Gasteiger partial charge in [0, 0.05) is 0 Å². The van der Waals surface area contributed by atoms with Gasteiger partial charge in [-0.25, -0.2) is 0 Å². The van der Waals surface area contributed by atoms with Crippen molar-refractivity contribution in [2.75, 3.05) is 0 Å². The molecule has 0 aliphatic carbocycles. The maximum absolute atomic E-state index is 11.1. The van der Waals surface area contributed by atoms with Gasteiger partial charge in [0.1, 0.15) is 22.4 Å². The summed E-state index contributed by atoms with van der Waals surface area (Å²) in [5, 5.41) is 22.1. The number of hydrogen-bond acceptors (Lipinski definition) is 6. The molecule has 0 aromatic heterocycles. The van der Waals surface area contributed by atoms with Gasteiger partial charge in [0.15, 0.2) is 0 Å². The van der Waals surface area contributed by atoms with Crippen LogP contribution in [0, 0.1) is 0 Å². The van der Waals surface area contributed by atoms with Crippen molar-refractivity contribution in [3.05, 3.63) is 0 Å². The molecule has 1 rings (SSSR count). The summed E-state index contributed by atoms with van der Waals surface area (Å²) in [7, 11) is 0. The van der Waals surface area contributed by atoms with Crippen molar-refractivity contribution < 1.29 is 29.2 Å². The van der Waals surface area contributed by atoms with E-state index in [1.54, 1.807) is 0 Å². The van der Waals surface area contributed by atoms with Gasteiger partial charge in [0.2, 0.25) is 34.5 Å². The maximum atomic E-state index is 11.1. The smallest absolute Gasteiger partial charge is 0.212 e. The molecular formula is C22H38O6. The summed E-state index contributed by atoms with van der Waals surface area (Å²) < 4.78 is 23.8. The van der Waals surface area contributed by atoms with Gasteiger partial charge in [-0.1, -0.05) is 0 Å². The van der Waals surface area contributed by atoms with Crippen LogP contribution in [0.4, 0.5) is 0 Å². The lowest BCUT2D eigenvalue weighted by Crippen LogP contribution is -2.29. The number of aromatic hydroxyl groups is 2. The third-order valence-electron chi connectivity index (χ3n) is 2.91. The molecule has 0 aliphatic heterocycles. The Balaban J connectivity index is 3.87. The second kappa shape index (κ2) is 7.45. The zero-order valence-electron chi connectivity index (χ0n) is 19.5. The second-order valence-corrected chi connectivity index (χ2v) is 10.9. The highest BCUT2D eigenvalue weighted by Crippen LogP contribution is 2.59. The number of rotatable bonds is 4. The topological polar surface area (TPSA) is 77.4 Å². The Labute approximate surface area is 169 Å². The van der Waals surface area contributed by atoms with Crippen LogP contribution in [0.3, 0.4) is 0 Å². The highest BCUT2D eigenvalue weighted by atomic mass is 16.6. The SMILES string of the molecule is CC(C)(C)Oc1c(O)c(OC(C)(C)C)c(OC(C)(C)C)c(O)c1OC(C)(C)C. The summed E-state index contributed by atoms with van der Waals surface area (Å²) in [6.45, 7) is 22.1. The van der Waals surface area contributed by atoms with Crippen LogP contribution in [0.25, 0.3) is 0 Å². The van der Waals surface area contributed by atoms with Gasteiger partial charge in [0.25, 0.3) is 0 Å². The lowest BCUT2D eigenvalue weighted by atomic mass is 10.1. The minimum absolute atomic E-state index is 0.0143.